The van der Waals surface area contributed by atoms with E-state index in [4.69, 9.17) is 0 Å². The van der Waals surface area contributed by atoms with Gasteiger partial charge in [0, 0.05) is 29.9 Å². The fraction of sp³-hybridized carbons (Fsp3) is 0.130. The van der Waals surface area contributed by atoms with Gasteiger partial charge < -0.3 is 9.72 Å². The molecule has 6 heteroatoms. The summed E-state index contributed by atoms with van der Waals surface area (Å²) in [5, 5.41) is 2.78. The number of benzene rings is 2. The highest BCUT2D eigenvalue weighted by Crippen LogP contribution is 2.30. The zero-order valence-electron chi connectivity index (χ0n) is 15.8. The molecule has 0 aliphatic rings. The van der Waals surface area contributed by atoms with Crippen LogP contribution in [0.15, 0.2) is 72.9 Å². The van der Waals surface area contributed by atoms with Gasteiger partial charge in [-0.15, -0.1) is 0 Å². The number of fused-ring (bicyclic) bond motifs is 1. The number of aryl methyl sites for hydroxylation is 1. The lowest BCUT2D eigenvalue weighted by atomic mass is 9.92. The van der Waals surface area contributed by atoms with Crippen LogP contribution >= 0.6 is 0 Å². The Labute approximate surface area is 166 Å². The second-order valence-electron chi connectivity index (χ2n) is 6.91. The van der Waals surface area contributed by atoms with Crippen LogP contribution in [0, 0.1) is 18.6 Å². The Balaban J connectivity index is 1.71. The largest absolute Gasteiger partial charge is 0.326 e. The van der Waals surface area contributed by atoms with Crippen molar-refractivity contribution in [2.45, 2.75) is 19.3 Å². The van der Waals surface area contributed by atoms with Crippen molar-refractivity contribution in [1.82, 2.24) is 9.38 Å². The average Bonchev–Trinajstić information content (AvgIpc) is 3.13. The highest BCUT2D eigenvalue weighted by atomic mass is 19.1. The molecule has 2 aromatic heterocycles. The molecule has 0 fully saturated rings. The summed E-state index contributed by atoms with van der Waals surface area (Å²) in [6.07, 6.45) is 1.81. The molecule has 1 amide bonds. The van der Waals surface area contributed by atoms with Crippen molar-refractivity contribution in [2.24, 2.45) is 0 Å². The number of carbonyl (C=O) groups excluding carboxylic acids is 1. The van der Waals surface area contributed by atoms with E-state index >= 15 is 0 Å². The molecule has 2 aromatic carbocycles. The number of hydrogen-bond donors (Lipinski definition) is 1. The van der Waals surface area contributed by atoms with Crippen molar-refractivity contribution in [3.8, 4) is 0 Å². The first kappa shape index (κ1) is 18.8. The van der Waals surface area contributed by atoms with Crippen LogP contribution in [0.4, 0.5) is 14.5 Å². The standard InChI is InChI=1S/C23H19F2N3O/c1-15-4-2-7-22-26-14-21(28(15)22)20(16-5-3-6-18(25)12-16)13-23(29)27-19-10-8-17(24)9-11-19/h2-12,14,20H,13H2,1H3,(H,27,29). The van der Waals surface area contributed by atoms with E-state index in [-0.39, 0.29) is 24.0 Å². The Morgan fingerprint density at radius 3 is 2.55 bits per heavy atom. The molecule has 0 saturated carbocycles. The molecule has 0 bridgehead atoms. The Morgan fingerprint density at radius 2 is 1.79 bits per heavy atom. The van der Waals surface area contributed by atoms with Gasteiger partial charge in [0.05, 0.1) is 5.69 Å². The normalized spacial score (nSPS) is 12.1. The second kappa shape index (κ2) is 7.83. The predicted octanol–water partition coefficient (Wildman–Crippen LogP) is 5.08. The topological polar surface area (TPSA) is 46.4 Å². The first-order chi connectivity index (χ1) is 14.0. The Kier molecular flexibility index (Phi) is 5.08. The number of amides is 1. The number of anilines is 1. The first-order valence-corrected chi connectivity index (χ1v) is 9.25. The number of rotatable bonds is 5. The lowest BCUT2D eigenvalue weighted by Gasteiger charge is -2.18. The molecule has 146 valence electrons. The van der Waals surface area contributed by atoms with Gasteiger partial charge in [0.2, 0.25) is 5.91 Å². The Morgan fingerprint density at radius 1 is 1.03 bits per heavy atom. The van der Waals surface area contributed by atoms with Crippen molar-refractivity contribution in [1.29, 1.82) is 0 Å². The molecule has 0 spiro atoms. The SMILES string of the molecule is Cc1cccc2ncc(C(CC(=O)Nc3ccc(F)cc3)c3cccc(F)c3)n12. The van der Waals surface area contributed by atoms with Crippen LogP contribution < -0.4 is 5.32 Å². The summed E-state index contributed by atoms with van der Waals surface area (Å²) in [4.78, 5) is 17.2. The summed E-state index contributed by atoms with van der Waals surface area (Å²) < 4.78 is 29.0. The minimum atomic E-state index is -0.401. The van der Waals surface area contributed by atoms with Crippen LogP contribution in [0.5, 0.6) is 0 Å². The van der Waals surface area contributed by atoms with Gasteiger partial charge in [0.1, 0.15) is 17.3 Å². The van der Waals surface area contributed by atoms with Crippen LogP contribution in [-0.2, 0) is 4.79 Å². The summed E-state index contributed by atoms with van der Waals surface area (Å²) in [7, 11) is 0. The van der Waals surface area contributed by atoms with Crippen molar-refractivity contribution in [3.63, 3.8) is 0 Å². The lowest BCUT2D eigenvalue weighted by Crippen LogP contribution is -2.18. The third-order valence-corrected chi connectivity index (χ3v) is 4.88. The number of carbonyl (C=O) groups is 1. The molecule has 0 saturated heterocycles. The van der Waals surface area contributed by atoms with E-state index in [0.717, 1.165) is 17.0 Å². The average molecular weight is 391 g/mol. The molecular formula is C23H19F2N3O. The molecule has 1 N–H and O–H groups in total. The number of nitrogens with zero attached hydrogens (tertiary/aromatic N) is 2. The quantitative estimate of drug-likeness (QED) is 0.516. The molecule has 0 aliphatic heterocycles. The summed E-state index contributed by atoms with van der Waals surface area (Å²) in [6.45, 7) is 1.96. The molecule has 4 rings (SSSR count). The third kappa shape index (κ3) is 4.01. The van der Waals surface area contributed by atoms with E-state index in [2.05, 4.69) is 10.3 Å². The van der Waals surface area contributed by atoms with Crippen molar-refractivity contribution in [3.05, 3.63) is 102 Å². The van der Waals surface area contributed by atoms with Crippen molar-refractivity contribution in [2.75, 3.05) is 5.32 Å². The fourth-order valence-corrected chi connectivity index (χ4v) is 3.52. The number of imidazole rings is 1. The number of nitrogens with one attached hydrogen (secondary N) is 1. The summed E-state index contributed by atoms with van der Waals surface area (Å²) in [6, 6.07) is 17.6. The van der Waals surface area contributed by atoms with Crippen LogP contribution in [0.1, 0.15) is 29.3 Å². The summed E-state index contributed by atoms with van der Waals surface area (Å²) in [5.41, 5.74) is 3.72. The summed E-state index contributed by atoms with van der Waals surface area (Å²) >= 11 is 0. The van der Waals surface area contributed by atoms with Gasteiger partial charge >= 0.3 is 0 Å². The summed E-state index contributed by atoms with van der Waals surface area (Å²) in [5.74, 6) is -1.39. The molecular weight excluding hydrogens is 372 g/mol. The zero-order valence-corrected chi connectivity index (χ0v) is 15.8. The fourth-order valence-electron chi connectivity index (χ4n) is 3.52. The van der Waals surface area contributed by atoms with Crippen molar-refractivity contribution >= 4 is 17.2 Å². The molecule has 4 aromatic rings. The minimum Gasteiger partial charge on any atom is -0.326 e. The number of aromatic nitrogens is 2. The second-order valence-corrected chi connectivity index (χ2v) is 6.91. The molecule has 0 radical (unpaired) electrons. The Bertz CT molecular complexity index is 1170. The van der Waals surface area contributed by atoms with E-state index in [1.165, 1.54) is 36.4 Å². The third-order valence-electron chi connectivity index (χ3n) is 4.88. The molecule has 2 heterocycles. The number of hydrogen-bond acceptors (Lipinski definition) is 2. The van der Waals surface area contributed by atoms with Crippen molar-refractivity contribution < 1.29 is 13.6 Å². The lowest BCUT2D eigenvalue weighted by molar-refractivity contribution is -0.116. The maximum absolute atomic E-state index is 13.9. The molecule has 0 aliphatic carbocycles. The van der Waals surface area contributed by atoms with Gasteiger partial charge in [-0.25, -0.2) is 13.8 Å². The highest BCUT2D eigenvalue weighted by molar-refractivity contribution is 5.91. The van der Waals surface area contributed by atoms with E-state index in [0.29, 0.717) is 11.3 Å². The highest BCUT2D eigenvalue weighted by Gasteiger charge is 2.23. The van der Waals surface area contributed by atoms with Gasteiger partial charge in [-0.1, -0.05) is 18.2 Å². The molecule has 4 nitrogen and oxygen atoms in total. The maximum atomic E-state index is 13.9. The van der Waals surface area contributed by atoms with Gasteiger partial charge in [-0.3, -0.25) is 4.79 Å². The van der Waals surface area contributed by atoms with E-state index < -0.39 is 5.92 Å². The van der Waals surface area contributed by atoms with Crippen LogP contribution in [0.3, 0.4) is 0 Å². The number of halogens is 2. The molecule has 1 atom stereocenters. The van der Waals surface area contributed by atoms with E-state index in [1.54, 1.807) is 18.3 Å². The Hall–Kier alpha value is -3.54. The monoisotopic (exact) mass is 391 g/mol. The number of pyridine rings is 1. The van der Waals surface area contributed by atoms with Crippen LogP contribution in [0.2, 0.25) is 0 Å². The van der Waals surface area contributed by atoms with Crippen LogP contribution in [0.25, 0.3) is 5.65 Å². The van der Waals surface area contributed by atoms with Gasteiger partial charge in [0.15, 0.2) is 0 Å². The zero-order chi connectivity index (χ0) is 20.4. The first-order valence-electron chi connectivity index (χ1n) is 9.25. The van der Waals surface area contributed by atoms with Gasteiger partial charge in [0.25, 0.3) is 0 Å². The smallest absolute Gasteiger partial charge is 0.225 e. The van der Waals surface area contributed by atoms with E-state index in [9.17, 15) is 13.6 Å². The maximum Gasteiger partial charge on any atom is 0.225 e. The predicted molar refractivity (Wildman–Crippen MR) is 108 cm³/mol. The molecule has 29 heavy (non-hydrogen) atoms. The van der Waals surface area contributed by atoms with Gasteiger partial charge in [-0.05, 0) is 61.0 Å². The van der Waals surface area contributed by atoms with E-state index in [1.807, 2.05) is 29.5 Å². The minimum absolute atomic E-state index is 0.0863. The molecule has 1 unspecified atom stereocenters. The van der Waals surface area contributed by atoms with Crippen LogP contribution in [-0.4, -0.2) is 15.3 Å². The van der Waals surface area contributed by atoms with Gasteiger partial charge in [-0.2, -0.15) is 0 Å².